The second-order valence-electron chi connectivity index (χ2n) is 29.6. The van der Waals surface area contributed by atoms with Gasteiger partial charge in [-0.15, -0.1) is 15.3 Å². The lowest BCUT2D eigenvalue weighted by molar-refractivity contribution is -0.177. The van der Waals surface area contributed by atoms with E-state index in [1.165, 1.54) is 14.0 Å². The van der Waals surface area contributed by atoms with E-state index >= 15 is 0 Å². The van der Waals surface area contributed by atoms with Crippen molar-refractivity contribution in [2.24, 2.45) is 17.8 Å². The number of rotatable bonds is 64. The van der Waals surface area contributed by atoms with Gasteiger partial charge < -0.3 is 129 Å². The first-order valence-corrected chi connectivity index (χ1v) is 41.0. The fraction of sp³-hybridized carbons (Fsp3) is 0.776. The van der Waals surface area contributed by atoms with Crippen molar-refractivity contribution in [3.63, 3.8) is 0 Å². The van der Waals surface area contributed by atoms with E-state index in [2.05, 4.69) is 56.9 Å². The zero-order valence-corrected chi connectivity index (χ0v) is 68.0. The molecule has 0 spiro atoms. The predicted octanol–water partition coefficient (Wildman–Crippen LogP) is -1.56. The lowest BCUT2D eigenvalue weighted by Gasteiger charge is -2.36. The Bertz CT molecular complexity index is 3330. The van der Waals surface area contributed by atoms with Crippen LogP contribution in [0, 0.1) is 46.8 Å². The van der Waals surface area contributed by atoms with Crippen LogP contribution in [0.4, 0.5) is 22.0 Å². The van der Waals surface area contributed by atoms with Gasteiger partial charge >= 0.3 is 5.97 Å². The number of benzene rings is 1. The molecule has 1 aromatic carbocycles. The van der Waals surface area contributed by atoms with E-state index in [4.69, 9.17) is 56.8 Å². The van der Waals surface area contributed by atoms with Crippen LogP contribution in [0.1, 0.15) is 120 Å². The molecular formula is C76H120F5N13O27. The molecule has 3 aliphatic rings. The Balaban J connectivity index is 0.843. The molecule has 6 heterocycles. The third kappa shape index (κ3) is 36.5. The molecule has 686 valence electrons. The maximum Gasteiger partial charge on any atom is 0.311 e. The first-order chi connectivity index (χ1) is 58.5. The molecule has 0 unspecified atom stereocenters. The molecule has 7 rings (SSSR count). The van der Waals surface area contributed by atoms with Gasteiger partial charge in [0.1, 0.15) is 53.7 Å². The lowest BCUT2D eigenvalue weighted by atomic mass is 9.82. The number of amides is 4. The van der Waals surface area contributed by atoms with Crippen LogP contribution in [0.5, 0.6) is 5.75 Å². The quantitative estimate of drug-likeness (QED) is 0.00594. The van der Waals surface area contributed by atoms with Crippen molar-refractivity contribution in [1.82, 2.24) is 66.2 Å². The Morgan fingerprint density at radius 2 is 0.669 bits per heavy atom. The Kier molecular flexibility index (Phi) is 47.2. The lowest BCUT2D eigenvalue weighted by Crippen LogP contribution is -2.52. The number of carbonyl (C=O) groups is 5. The molecular weight excluding hydrogens is 1620 g/mol. The first kappa shape index (κ1) is 101. The number of hydrogen-bond acceptors (Lipinski definition) is 33. The van der Waals surface area contributed by atoms with Crippen molar-refractivity contribution in [3.8, 4) is 5.75 Å². The number of hydrogen-bond donors (Lipinski definition) is 13. The van der Waals surface area contributed by atoms with E-state index in [1.807, 2.05) is 0 Å². The minimum absolute atomic E-state index is 0.0168. The summed E-state index contributed by atoms with van der Waals surface area (Å²) in [5, 5.41) is 126. The molecule has 3 saturated heterocycles. The van der Waals surface area contributed by atoms with Gasteiger partial charge in [0, 0.05) is 75.0 Å². The average Bonchev–Trinajstić information content (AvgIpc) is 1.57. The van der Waals surface area contributed by atoms with Crippen LogP contribution in [0.25, 0.3) is 0 Å². The van der Waals surface area contributed by atoms with Crippen LogP contribution in [-0.4, -0.2) is 339 Å². The number of aliphatic hydroxyl groups excluding tert-OH is 9. The molecule has 12 atom stereocenters. The van der Waals surface area contributed by atoms with Crippen LogP contribution in [0.3, 0.4) is 0 Å². The third-order valence-electron chi connectivity index (χ3n) is 20.3. The van der Waals surface area contributed by atoms with Crippen LogP contribution in [-0.2, 0) is 120 Å². The molecule has 45 heteroatoms. The van der Waals surface area contributed by atoms with Crippen LogP contribution in [0.15, 0.2) is 18.6 Å². The van der Waals surface area contributed by atoms with Gasteiger partial charge in [-0.25, -0.2) is 13.2 Å². The topological polar surface area (TPSA) is 528 Å². The number of nitrogens with zero attached hydrogens (tertiary/aromatic N) is 9. The standard InChI is InChI=1S/C76H120F5N13O27/c77-64-65(78)67(80)75(68(81)66(64)79)121-63(102)10-8-6-4-2-1-3-5-7-9-62(101)85-76(14-11-59(98)82-17-20-109-23-26-112-29-32-115-47-53-38-92(89-86-53)35-50-44-118-56(41-95)72(106)69(50)103,15-12-60(99)83-18-21-110-24-27-113-30-33-116-48-54-39-93(90-87-54)36-51-45-119-57(42-96)73(107)70(51)104)16-13-61(100)84-19-22-111-25-28-114-31-34-117-49-55-40-94(91-88-55)37-52-46-120-58(43-97)74(108)71(52)105/h38-40,50-52,56-58,69-74,95-97,103-108H,1-37,41-49H2,(H,82,98)(H,83,99)(H,84,100)(H,85,101)/t50-,51-,52-,56-,57-,58-,69-,70-,71-,72+,73+,74+/m1/s1. The number of halogens is 5. The summed E-state index contributed by atoms with van der Waals surface area (Å²) in [4.78, 5) is 67.2. The molecule has 121 heavy (non-hydrogen) atoms. The van der Waals surface area contributed by atoms with Gasteiger partial charge in [-0.05, 0) is 32.1 Å². The van der Waals surface area contributed by atoms with Crippen molar-refractivity contribution < 1.29 is 153 Å². The molecule has 0 radical (unpaired) electrons. The number of esters is 1. The number of aromatic nitrogens is 9. The van der Waals surface area contributed by atoms with Crippen molar-refractivity contribution in [1.29, 1.82) is 0 Å². The molecule has 4 amide bonds. The van der Waals surface area contributed by atoms with Crippen LogP contribution in [0.2, 0.25) is 0 Å². The summed E-state index contributed by atoms with van der Waals surface area (Å²) in [5.74, 6) is -17.2. The van der Waals surface area contributed by atoms with E-state index in [9.17, 15) is 91.9 Å². The van der Waals surface area contributed by atoms with E-state index < -0.39 is 157 Å². The SMILES string of the molecule is O=C(CCC(CCC(=O)NCCOCCOCCOCc1cn(C[C@@H]2CO[C@H](CO)[C@H](O)[C@@H]2O)nn1)(CCC(=O)NCCOCCOCCOCc1cn(C[C@@H]2CO[C@H](CO)[C@H](O)[C@@H]2O)nn1)NC(=O)CCCCCCCCCCC(=O)Oc1c(F)c(F)c(F)c(F)c1F)NCCOCCOCCOCc1cn(C[C@@H]2CO[C@H](CO)[C@H](O)[C@@H]2O)nn1. The second kappa shape index (κ2) is 56.6. The Labute approximate surface area is 696 Å². The number of unbranched alkanes of at least 4 members (excludes halogenated alkanes) is 7. The van der Waals surface area contributed by atoms with Crippen molar-refractivity contribution in [3.05, 3.63) is 64.8 Å². The highest BCUT2D eigenvalue weighted by Crippen LogP contribution is 2.32. The highest BCUT2D eigenvalue weighted by molar-refractivity contribution is 5.80. The summed E-state index contributed by atoms with van der Waals surface area (Å²) >= 11 is 0. The fourth-order valence-corrected chi connectivity index (χ4v) is 13.3. The van der Waals surface area contributed by atoms with Crippen LogP contribution < -0.4 is 26.0 Å². The summed E-state index contributed by atoms with van der Waals surface area (Å²) < 4.78 is 145. The molecule has 3 fully saturated rings. The number of nitrogens with one attached hydrogen (secondary N) is 4. The first-order valence-electron chi connectivity index (χ1n) is 41.0. The van der Waals surface area contributed by atoms with E-state index in [0.717, 1.165) is 6.42 Å². The Morgan fingerprint density at radius 3 is 0.992 bits per heavy atom. The number of ether oxygens (including phenoxy) is 13. The summed E-state index contributed by atoms with van der Waals surface area (Å²) in [7, 11) is 0. The van der Waals surface area contributed by atoms with Gasteiger partial charge in [0.25, 0.3) is 0 Å². The van der Waals surface area contributed by atoms with Gasteiger partial charge in [0.05, 0.1) is 215 Å². The molecule has 0 bridgehead atoms. The zero-order valence-electron chi connectivity index (χ0n) is 68.0. The summed E-state index contributed by atoms with van der Waals surface area (Å²) in [6, 6.07) is 0. The normalized spacial score (nSPS) is 21.3. The molecule has 40 nitrogen and oxygen atoms in total. The highest BCUT2D eigenvalue weighted by atomic mass is 19.2. The van der Waals surface area contributed by atoms with Gasteiger partial charge in [0.15, 0.2) is 0 Å². The number of aliphatic hydroxyl groups is 9. The fourth-order valence-electron chi connectivity index (χ4n) is 13.3. The third-order valence-corrected chi connectivity index (χ3v) is 20.3. The molecule has 4 aromatic rings. The van der Waals surface area contributed by atoms with Gasteiger partial charge in [-0.3, -0.25) is 38.0 Å². The summed E-state index contributed by atoms with van der Waals surface area (Å²) in [6.07, 6.45) is -0.805. The van der Waals surface area contributed by atoms with Crippen molar-refractivity contribution in [2.75, 3.05) is 158 Å². The number of carbonyl (C=O) groups excluding carboxylic acids is 5. The maximum absolute atomic E-state index is 14.1. The average molecular weight is 1740 g/mol. The monoisotopic (exact) mass is 1740 g/mol. The molecule has 3 aliphatic heterocycles. The zero-order chi connectivity index (χ0) is 87.2. The molecule has 13 N–H and O–H groups in total. The largest absolute Gasteiger partial charge is 0.420 e. The molecule has 0 saturated carbocycles. The predicted molar refractivity (Wildman–Crippen MR) is 407 cm³/mol. The summed E-state index contributed by atoms with van der Waals surface area (Å²) in [6.45, 7) is 3.37. The smallest absolute Gasteiger partial charge is 0.311 e. The highest BCUT2D eigenvalue weighted by Gasteiger charge is 2.42. The van der Waals surface area contributed by atoms with Crippen molar-refractivity contribution in [2.45, 2.75) is 203 Å². The Hall–Kier alpha value is -7.20. The maximum atomic E-state index is 14.1. The van der Waals surface area contributed by atoms with Gasteiger partial charge in [-0.1, -0.05) is 54.2 Å². The molecule has 0 aliphatic carbocycles. The summed E-state index contributed by atoms with van der Waals surface area (Å²) in [5.41, 5.74) is 0.307. The van der Waals surface area contributed by atoms with Gasteiger partial charge in [-0.2, -0.15) is 8.78 Å². The van der Waals surface area contributed by atoms with E-state index in [1.54, 1.807) is 18.6 Å². The Morgan fingerprint density at radius 1 is 0.380 bits per heavy atom. The molecule has 3 aromatic heterocycles. The second-order valence-corrected chi connectivity index (χ2v) is 29.6. The van der Waals surface area contributed by atoms with E-state index in [0.29, 0.717) is 55.6 Å². The minimum Gasteiger partial charge on any atom is -0.420 e. The minimum atomic E-state index is -2.38. The van der Waals surface area contributed by atoms with E-state index in [-0.39, 0.29) is 242 Å². The van der Waals surface area contributed by atoms with Gasteiger partial charge in [0.2, 0.25) is 58.5 Å². The van der Waals surface area contributed by atoms with Crippen LogP contribution >= 0.6 is 0 Å². The van der Waals surface area contributed by atoms with Crippen molar-refractivity contribution >= 4 is 29.6 Å².